The van der Waals surface area contributed by atoms with Gasteiger partial charge in [0.05, 0.1) is 6.61 Å². The number of hydrogen-bond donors (Lipinski definition) is 1. The summed E-state index contributed by atoms with van der Waals surface area (Å²) >= 11 is 3.38. The summed E-state index contributed by atoms with van der Waals surface area (Å²) in [6.45, 7) is 0.217. The molecule has 2 rings (SSSR count). The first kappa shape index (κ1) is 11.5. The molecule has 16 heavy (non-hydrogen) atoms. The highest BCUT2D eigenvalue weighted by molar-refractivity contribution is 9.09. The van der Waals surface area contributed by atoms with Gasteiger partial charge >= 0.3 is 0 Å². The summed E-state index contributed by atoms with van der Waals surface area (Å²) in [5.41, 5.74) is 0.848. The number of anilines is 1. The molecule has 0 spiro atoms. The molecule has 1 saturated heterocycles. The molecule has 0 aromatic heterocycles. The minimum Gasteiger partial charge on any atom is -0.392 e. The Kier molecular flexibility index (Phi) is 3.25. The van der Waals surface area contributed by atoms with Gasteiger partial charge in [0.2, 0.25) is 5.91 Å². The minimum absolute atomic E-state index is 0.0115. The Balaban J connectivity index is 2.30. The van der Waals surface area contributed by atoms with Crippen LogP contribution < -0.4 is 4.90 Å². The number of aliphatic hydroxyl groups is 1. The second-order valence-corrected chi connectivity index (χ2v) is 5.03. The summed E-state index contributed by atoms with van der Waals surface area (Å²) in [5, 5.41) is 8.95. The zero-order valence-electron chi connectivity index (χ0n) is 8.49. The van der Waals surface area contributed by atoms with E-state index in [0.29, 0.717) is 18.7 Å². The predicted octanol–water partition coefficient (Wildman–Crippen LogP) is 1.82. The normalized spacial score (nSPS) is 20.6. The van der Waals surface area contributed by atoms with Crippen LogP contribution in [0.4, 0.5) is 10.1 Å². The molecule has 1 aromatic carbocycles. The van der Waals surface area contributed by atoms with E-state index in [1.54, 1.807) is 11.0 Å². The van der Waals surface area contributed by atoms with Crippen molar-refractivity contribution in [2.24, 2.45) is 0 Å². The van der Waals surface area contributed by atoms with Crippen LogP contribution in [-0.2, 0) is 11.4 Å². The van der Waals surface area contributed by atoms with Crippen molar-refractivity contribution in [2.45, 2.75) is 17.9 Å². The molecule has 1 atom stereocenters. The third kappa shape index (κ3) is 2.10. The fourth-order valence-corrected chi connectivity index (χ4v) is 2.33. The number of hydrogen-bond acceptors (Lipinski definition) is 2. The quantitative estimate of drug-likeness (QED) is 0.843. The molecule has 1 amide bonds. The van der Waals surface area contributed by atoms with E-state index in [1.165, 1.54) is 12.1 Å². The van der Waals surface area contributed by atoms with Crippen molar-refractivity contribution in [1.82, 2.24) is 0 Å². The Morgan fingerprint density at radius 3 is 2.88 bits per heavy atom. The lowest BCUT2D eigenvalue weighted by atomic mass is 10.2. The molecule has 1 N–H and O–H groups in total. The Labute approximate surface area is 101 Å². The number of carbonyl (C=O) groups excluding carboxylic acids is 1. The predicted molar refractivity (Wildman–Crippen MR) is 62.0 cm³/mol. The van der Waals surface area contributed by atoms with Crippen LogP contribution in [-0.4, -0.2) is 22.4 Å². The highest BCUT2D eigenvalue weighted by atomic mass is 79.9. The molecule has 5 heteroatoms. The van der Waals surface area contributed by atoms with E-state index in [-0.39, 0.29) is 22.9 Å². The lowest BCUT2D eigenvalue weighted by Gasteiger charge is -2.16. The fourth-order valence-electron chi connectivity index (χ4n) is 1.76. The lowest BCUT2D eigenvalue weighted by molar-refractivity contribution is -0.117. The molecule has 3 nitrogen and oxygen atoms in total. The first-order valence-corrected chi connectivity index (χ1v) is 5.87. The van der Waals surface area contributed by atoms with Crippen molar-refractivity contribution < 1.29 is 14.3 Å². The van der Waals surface area contributed by atoms with Crippen LogP contribution in [0, 0.1) is 5.82 Å². The number of benzene rings is 1. The highest BCUT2D eigenvalue weighted by Crippen LogP contribution is 2.26. The molecular weight excluding hydrogens is 277 g/mol. The third-order valence-corrected chi connectivity index (χ3v) is 3.20. The van der Waals surface area contributed by atoms with E-state index >= 15 is 0 Å². The van der Waals surface area contributed by atoms with Crippen molar-refractivity contribution in [3.63, 3.8) is 0 Å². The minimum atomic E-state index is -0.451. The van der Waals surface area contributed by atoms with Crippen LogP contribution in [0.1, 0.15) is 12.0 Å². The summed E-state index contributed by atoms with van der Waals surface area (Å²) in [7, 11) is 0. The zero-order valence-corrected chi connectivity index (χ0v) is 10.1. The molecule has 0 radical (unpaired) electrons. The summed E-state index contributed by atoms with van der Waals surface area (Å²) in [6, 6.07) is 4.34. The molecule has 1 aromatic rings. The second kappa shape index (κ2) is 4.51. The molecule has 1 fully saturated rings. The lowest BCUT2D eigenvalue weighted by Crippen LogP contribution is -2.24. The van der Waals surface area contributed by atoms with Crippen molar-refractivity contribution in [3.05, 3.63) is 29.6 Å². The molecule has 0 aliphatic carbocycles. The molecule has 1 aliphatic heterocycles. The van der Waals surface area contributed by atoms with Gasteiger partial charge in [-0.1, -0.05) is 15.9 Å². The zero-order chi connectivity index (χ0) is 11.7. The van der Waals surface area contributed by atoms with Gasteiger partial charge in [-0.15, -0.1) is 0 Å². The van der Waals surface area contributed by atoms with Crippen LogP contribution in [0.3, 0.4) is 0 Å². The van der Waals surface area contributed by atoms with E-state index in [9.17, 15) is 9.18 Å². The molecule has 0 saturated carbocycles. The second-order valence-electron chi connectivity index (χ2n) is 3.74. The Hall–Kier alpha value is -0.940. The van der Waals surface area contributed by atoms with Crippen molar-refractivity contribution in [2.75, 3.05) is 11.4 Å². The van der Waals surface area contributed by atoms with Gasteiger partial charge < -0.3 is 10.0 Å². The van der Waals surface area contributed by atoms with Crippen LogP contribution in [0.2, 0.25) is 0 Å². The first-order valence-electron chi connectivity index (χ1n) is 4.95. The fraction of sp³-hybridized carbons (Fsp3) is 0.364. The Bertz CT molecular complexity index is 424. The van der Waals surface area contributed by atoms with Crippen LogP contribution in [0.15, 0.2) is 18.2 Å². The molecule has 1 aliphatic rings. The Morgan fingerprint density at radius 1 is 1.56 bits per heavy atom. The highest BCUT2D eigenvalue weighted by Gasteiger charge is 2.28. The Morgan fingerprint density at radius 2 is 2.31 bits per heavy atom. The van der Waals surface area contributed by atoms with Gasteiger partial charge in [0.15, 0.2) is 0 Å². The van der Waals surface area contributed by atoms with Crippen LogP contribution in [0.5, 0.6) is 0 Å². The number of halogens is 2. The number of rotatable bonds is 2. The molecule has 1 unspecified atom stereocenters. The first-order chi connectivity index (χ1) is 7.61. The van der Waals surface area contributed by atoms with Gasteiger partial charge in [0.25, 0.3) is 0 Å². The van der Waals surface area contributed by atoms with E-state index in [1.807, 2.05) is 0 Å². The average molecular weight is 288 g/mol. The number of carbonyl (C=O) groups is 1. The molecule has 86 valence electrons. The third-order valence-electron chi connectivity index (χ3n) is 2.59. The maximum atomic E-state index is 13.2. The van der Waals surface area contributed by atoms with Crippen molar-refractivity contribution >= 4 is 27.5 Å². The maximum Gasteiger partial charge on any atom is 0.228 e. The largest absolute Gasteiger partial charge is 0.392 e. The SMILES string of the molecule is O=C1CC(Br)CN1c1ccc(F)c(CO)c1. The molecule has 1 heterocycles. The van der Waals surface area contributed by atoms with Crippen molar-refractivity contribution in [3.8, 4) is 0 Å². The number of aliphatic hydroxyl groups excluding tert-OH is 1. The smallest absolute Gasteiger partial charge is 0.228 e. The standard InChI is InChI=1S/C11H11BrFNO2/c12-8-4-11(16)14(5-8)9-1-2-10(13)7(3-9)6-15/h1-3,8,15H,4-6H2. The van der Waals surface area contributed by atoms with E-state index < -0.39 is 5.82 Å². The monoisotopic (exact) mass is 287 g/mol. The number of amides is 1. The van der Waals surface area contributed by atoms with E-state index in [4.69, 9.17) is 5.11 Å². The molecule has 0 bridgehead atoms. The van der Waals surface area contributed by atoms with Crippen LogP contribution >= 0.6 is 15.9 Å². The van der Waals surface area contributed by atoms with Gasteiger partial charge in [-0.25, -0.2) is 4.39 Å². The van der Waals surface area contributed by atoms with Crippen molar-refractivity contribution in [1.29, 1.82) is 0 Å². The summed E-state index contributed by atoms with van der Waals surface area (Å²) in [5.74, 6) is -0.439. The van der Waals surface area contributed by atoms with E-state index in [0.717, 1.165) is 0 Å². The average Bonchev–Trinajstić information content (AvgIpc) is 2.59. The molecular formula is C11H11BrFNO2. The van der Waals surface area contributed by atoms with Gasteiger partial charge in [0, 0.05) is 29.0 Å². The topological polar surface area (TPSA) is 40.5 Å². The maximum absolute atomic E-state index is 13.2. The van der Waals surface area contributed by atoms with Crippen LogP contribution in [0.25, 0.3) is 0 Å². The van der Waals surface area contributed by atoms with E-state index in [2.05, 4.69) is 15.9 Å². The van der Waals surface area contributed by atoms with Gasteiger partial charge in [-0.05, 0) is 18.2 Å². The number of alkyl halides is 1. The van der Waals surface area contributed by atoms with Gasteiger partial charge in [-0.2, -0.15) is 0 Å². The summed E-state index contributed by atoms with van der Waals surface area (Å²) in [6.07, 6.45) is 0.450. The summed E-state index contributed by atoms with van der Waals surface area (Å²) < 4.78 is 13.2. The van der Waals surface area contributed by atoms with Gasteiger partial charge in [0.1, 0.15) is 5.82 Å². The number of nitrogens with zero attached hydrogens (tertiary/aromatic N) is 1. The summed E-state index contributed by atoms with van der Waals surface area (Å²) in [4.78, 5) is 13.3. The van der Waals surface area contributed by atoms with Gasteiger partial charge in [-0.3, -0.25) is 4.79 Å².